The Balaban J connectivity index is -0.000000174. The summed E-state index contributed by atoms with van der Waals surface area (Å²) in [6, 6.07) is 0. The molecule has 0 saturated carbocycles. The van der Waals surface area contributed by atoms with Crippen molar-refractivity contribution in [1.29, 1.82) is 0 Å². The van der Waals surface area contributed by atoms with Gasteiger partial charge in [0, 0.05) is 0 Å². The molecular formula is C48H107N. The molecule has 0 heterocycles. The molecule has 0 bridgehead atoms. The molecule has 49 heavy (non-hydrogen) atoms. The minimum absolute atomic E-state index is 0. The van der Waals surface area contributed by atoms with Gasteiger partial charge in [0.2, 0.25) is 0 Å². The lowest BCUT2D eigenvalue weighted by molar-refractivity contribution is 0.562. The lowest BCUT2D eigenvalue weighted by atomic mass is 10.1. The lowest BCUT2D eigenvalue weighted by Gasteiger charge is -1.99. The van der Waals surface area contributed by atoms with E-state index in [4.69, 9.17) is 0 Å². The summed E-state index contributed by atoms with van der Waals surface area (Å²) >= 11 is 0. The van der Waals surface area contributed by atoms with Crippen LogP contribution in [0.3, 0.4) is 0 Å². The first-order valence-corrected chi connectivity index (χ1v) is 23.7. The van der Waals surface area contributed by atoms with Crippen LogP contribution in [-0.4, -0.2) is 0 Å². The van der Waals surface area contributed by atoms with E-state index in [1.165, 1.54) is 257 Å². The Labute approximate surface area is 317 Å². The first-order valence-electron chi connectivity index (χ1n) is 23.7. The zero-order chi connectivity index (χ0) is 36.3. The van der Waals surface area contributed by atoms with Gasteiger partial charge in [-0.1, -0.05) is 312 Å². The molecule has 0 radical (unpaired) electrons. The molecule has 0 aliphatic heterocycles. The van der Waals surface area contributed by atoms with Crippen molar-refractivity contribution in [2.45, 2.75) is 312 Å². The fourth-order valence-electron chi connectivity index (χ4n) is 6.24. The van der Waals surface area contributed by atoms with E-state index < -0.39 is 0 Å². The van der Waals surface area contributed by atoms with E-state index in [2.05, 4.69) is 55.4 Å². The zero-order valence-electron chi connectivity index (χ0n) is 37.0. The molecule has 1 nitrogen and oxygen atoms in total. The van der Waals surface area contributed by atoms with E-state index in [0.29, 0.717) is 0 Å². The predicted octanol–water partition coefficient (Wildman–Crippen LogP) is 19.9. The van der Waals surface area contributed by atoms with E-state index >= 15 is 0 Å². The monoisotopic (exact) mass is 698 g/mol. The van der Waals surface area contributed by atoms with Gasteiger partial charge in [0.15, 0.2) is 0 Å². The van der Waals surface area contributed by atoms with Crippen molar-refractivity contribution in [2.24, 2.45) is 0 Å². The molecule has 1 heteroatoms. The molecule has 0 rings (SSSR count). The van der Waals surface area contributed by atoms with Gasteiger partial charge in [-0.25, -0.2) is 0 Å². The second-order valence-corrected chi connectivity index (χ2v) is 15.3. The Hall–Kier alpha value is -0.0400. The Morgan fingerprint density at radius 1 is 0.122 bits per heavy atom. The zero-order valence-corrected chi connectivity index (χ0v) is 37.0. The van der Waals surface area contributed by atoms with Crippen molar-refractivity contribution < 1.29 is 0 Å². The molecule has 0 aromatic rings. The summed E-state index contributed by atoms with van der Waals surface area (Å²) in [6.07, 6.45) is 57.8. The maximum Gasteiger partial charge on any atom is -0.0533 e. The molecular weight excluding hydrogens is 591 g/mol. The number of hydrogen-bond acceptors (Lipinski definition) is 1. The topological polar surface area (TPSA) is 35.0 Å². The molecule has 0 saturated heterocycles. The molecule has 0 aliphatic carbocycles. The molecule has 0 atom stereocenters. The fraction of sp³-hybridized carbons (Fsp3) is 1.00. The quantitative estimate of drug-likeness (QED) is 0.0650. The van der Waals surface area contributed by atoms with Crippen LogP contribution in [0.2, 0.25) is 0 Å². The highest BCUT2D eigenvalue weighted by Crippen LogP contribution is 2.13. The largest absolute Gasteiger partial charge is 0.344 e. The van der Waals surface area contributed by atoms with E-state index in [1.807, 2.05) is 0 Å². The third-order valence-electron chi connectivity index (χ3n) is 9.83. The second kappa shape index (κ2) is 66.2. The Kier molecular flexibility index (Phi) is 78.8. The van der Waals surface area contributed by atoms with Gasteiger partial charge in [0.25, 0.3) is 0 Å². The molecule has 0 aromatic heterocycles. The van der Waals surface area contributed by atoms with Crippen LogP contribution in [0.15, 0.2) is 0 Å². The van der Waals surface area contributed by atoms with Gasteiger partial charge in [-0.3, -0.25) is 0 Å². The number of rotatable bonds is 36. The average molecular weight is 698 g/mol. The smallest absolute Gasteiger partial charge is 0.0533 e. The van der Waals surface area contributed by atoms with Gasteiger partial charge in [0.05, 0.1) is 0 Å². The third kappa shape index (κ3) is 78.3. The maximum atomic E-state index is 2.28. The van der Waals surface area contributed by atoms with Gasteiger partial charge < -0.3 is 6.15 Å². The van der Waals surface area contributed by atoms with Crippen LogP contribution in [0.4, 0.5) is 0 Å². The van der Waals surface area contributed by atoms with E-state index in [1.54, 1.807) is 0 Å². The van der Waals surface area contributed by atoms with Crippen LogP contribution in [-0.2, 0) is 0 Å². The predicted molar refractivity (Wildman–Crippen MR) is 235 cm³/mol. The second-order valence-electron chi connectivity index (χ2n) is 15.3. The van der Waals surface area contributed by atoms with E-state index in [-0.39, 0.29) is 6.15 Å². The van der Waals surface area contributed by atoms with Crippen LogP contribution in [0.1, 0.15) is 312 Å². The first-order chi connectivity index (χ1) is 23.7. The summed E-state index contributed by atoms with van der Waals surface area (Å²) in [7, 11) is 0. The summed E-state index contributed by atoms with van der Waals surface area (Å²) < 4.78 is 0. The van der Waals surface area contributed by atoms with Crippen molar-refractivity contribution in [1.82, 2.24) is 6.15 Å². The Morgan fingerprint density at radius 3 is 0.245 bits per heavy atom. The molecule has 3 N–H and O–H groups in total. The van der Waals surface area contributed by atoms with Crippen LogP contribution >= 0.6 is 0 Å². The SMILES string of the molecule is CCCCCCCCCCCC.CCCCCCCCCCCC.CCCCCCCCCCCC.CCCCCCCCCCCC.N. The maximum absolute atomic E-state index is 2.28. The average Bonchev–Trinajstić information content (AvgIpc) is 3.10. The van der Waals surface area contributed by atoms with Crippen molar-refractivity contribution >= 4 is 0 Å². The van der Waals surface area contributed by atoms with Crippen LogP contribution in [0, 0.1) is 0 Å². The van der Waals surface area contributed by atoms with Crippen LogP contribution in [0.5, 0.6) is 0 Å². The van der Waals surface area contributed by atoms with Crippen molar-refractivity contribution in [2.75, 3.05) is 0 Å². The highest BCUT2D eigenvalue weighted by molar-refractivity contribution is 4.48. The van der Waals surface area contributed by atoms with Gasteiger partial charge in [-0.05, 0) is 0 Å². The van der Waals surface area contributed by atoms with Gasteiger partial charge in [0.1, 0.15) is 0 Å². The molecule has 0 spiro atoms. The van der Waals surface area contributed by atoms with Gasteiger partial charge >= 0.3 is 0 Å². The third-order valence-corrected chi connectivity index (χ3v) is 9.83. The molecule has 0 aromatic carbocycles. The number of hydrogen-bond donors (Lipinski definition) is 1. The summed E-state index contributed by atoms with van der Waals surface area (Å²) in [5.74, 6) is 0. The standard InChI is InChI=1S/4C12H26.H3N/c4*1-3-5-7-9-11-12-10-8-6-4-2;/h4*3-12H2,1-2H3;1H3. The summed E-state index contributed by atoms with van der Waals surface area (Å²) in [6.45, 7) is 18.2. The first kappa shape index (κ1) is 58.3. The highest BCUT2D eigenvalue weighted by atomic mass is 14.0. The summed E-state index contributed by atoms with van der Waals surface area (Å²) in [4.78, 5) is 0. The Morgan fingerprint density at radius 2 is 0.184 bits per heavy atom. The highest BCUT2D eigenvalue weighted by Gasteiger charge is 1.93. The Bertz CT molecular complexity index is 313. The molecule has 304 valence electrons. The van der Waals surface area contributed by atoms with Crippen molar-refractivity contribution in [3.8, 4) is 0 Å². The van der Waals surface area contributed by atoms with Gasteiger partial charge in [-0.2, -0.15) is 0 Å². The molecule has 0 fully saturated rings. The van der Waals surface area contributed by atoms with Crippen LogP contribution < -0.4 is 6.15 Å². The van der Waals surface area contributed by atoms with Gasteiger partial charge in [-0.15, -0.1) is 0 Å². The number of unbranched alkanes of at least 4 members (excludes halogenated alkanes) is 36. The molecule has 0 amide bonds. The minimum Gasteiger partial charge on any atom is -0.344 e. The minimum atomic E-state index is 0. The molecule has 0 unspecified atom stereocenters. The summed E-state index contributed by atoms with van der Waals surface area (Å²) in [5, 5.41) is 0. The van der Waals surface area contributed by atoms with Crippen LogP contribution in [0.25, 0.3) is 0 Å². The van der Waals surface area contributed by atoms with Crippen molar-refractivity contribution in [3.05, 3.63) is 0 Å². The fourth-order valence-corrected chi connectivity index (χ4v) is 6.24. The van der Waals surface area contributed by atoms with E-state index in [9.17, 15) is 0 Å². The summed E-state index contributed by atoms with van der Waals surface area (Å²) in [5.41, 5.74) is 0. The lowest BCUT2D eigenvalue weighted by Crippen LogP contribution is -1.80. The normalized spacial score (nSPS) is 10.3. The van der Waals surface area contributed by atoms with E-state index in [0.717, 1.165) is 0 Å². The van der Waals surface area contributed by atoms with Crippen molar-refractivity contribution in [3.63, 3.8) is 0 Å². The molecule has 0 aliphatic rings.